The van der Waals surface area contributed by atoms with Crippen molar-refractivity contribution in [3.8, 4) is 0 Å². The Kier molecular flexibility index (Phi) is 5.56. The van der Waals surface area contributed by atoms with Crippen LogP contribution in [0.2, 0.25) is 0 Å². The van der Waals surface area contributed by atoms with E-state index in [1.807, 2.05) is 6.07 Å². The average Bonchev–Trinajstić information content (AvgIpc) is 2.72. The predicted octanol–water partition coefficient (Wildman–Crippen LogP) is 6.93. The molecular formula is C23H24F3NOS. The van der Waals surface area contributed by atoms with Gasteiger partial charge >= 0.3 is 6.18 Å². The van der Waals surface area contributed by atoms with Gasteiger partial charge in [-0.1, -0.05) is 36.4 Å². The zero-order valence-electron chi connectivity index (χ0n) is 16.0. The molecule has 2 nitrogen and oxygen atoms in total. The molecule has 2 saturated carbocycles. The molecule has 4 rings (SSSR count). The summed E-state index contributed by atoms with van der Waals surface area (Å²) in [6, 6.07) is 15.6. The van der Waals surface area contributed by atoms with Crippen LogP contribution in [0.25, 0.3) is 0 Å². The number of alkyl halides is 3. The fourth-order valence-electron chi connectivity index (χ4n) is 4.73. The lowest BCUT2D eigenvalue weighted by molar-refractivity contribution is -0.137. The summed E-state index contributed by atoms with van der Waals surface area (Å²) in [6.07, 6.45) is 2.22. The lowest BCUT2D eigenvalue weighted by Gasteiger charge is -2.52. The summed E-state index contributed by atoms with van der Waals surface area (Å²) in [5, 5.41) is 2.97. The first-order valence-electron chi connectivity index (χ1n) is 10.1. The molecular weight excluding hydrogens is 395 g/mol. The molecule has 2 aromatic carbocycles. The number of benzene rings is 2. The Hall–Kier alpha value is -2.08. The third-order valence-corrected chi connectivity index (χ3v) is 6.72. The normalized spacial score (nSPS) is 26.6. The summed E-state index contributed by atoms with van der Waals surface area (Å²) in [7, 11) is 0. The predicted molar refractivity (Wildman–Crippen MR) is 112 cm³/mol. The molecule has 2 fully saturated rings. The Bertz CT molecular complexity index is 860. The Morgan fingerprint density at radius 2 is 1.66 bits per heavy atom. The molecule has 0 unspecified atom stereocenters. The van der Waals surface area contributed by atoms with Gasteiger partial charge in [0.05, 0.1) is 5.56 Å². The number of nitrogens with one attached hydrogen (secondary N) is 1. The Morgan fingerprint density at radius 3 is 2.28 bits per heavy atom. The first-order chi connectivity index (χ1) is 13.9. The van der Waals surface area contributed by atoms with Crippen LogP contribution in [0.15, 0.2) is 54.6 Å². The van der Waals surface area contributed by atoms with Crippen molar-refractivity contribution in [2.45, 2.75) is 56.7 Å². The highest BCUT2D eigenvalue weighted by atomic mass is 32.1. The molecule has 6 heteroatoms. The first kappa shape index (κ1) is 20.2. The van der Waals surface area contributed by atoms with Crippen molar-refractivity contribution in [3.63, 3.8) is 0 Å². The van der Waals surface area contributed by atoms with E-state index in [2.05, 4.69) is 29.6 Å². The lowest BCUT2D eigenvalue weighted by atomic mass is 9.56. The van der Waals surface area contributed by atoms with Gasteiger partial charge in [-0.3, -0.25) is 0 Å². The van der Waals surface area contributed by atoms with E-state index in [-0.39, 0.29) is 16.7 Å². The van der Waals surface area contributed by atoms with Gasteiger partial charge in [-0.2, -0.15) is 13.2 Å². The van der Waals surface area contributed by atoms with E-state index in [4.69, 9.17) is 17.0 Å². The van der Waals surface area contributed by atoms with Crippen molar-refractivity contribution >= 4 is 23.1 Å². The van der Waals surface area contributed by atoms with Crippen LogP contribution >= 0.6 is 12.2 Å². The van der Waals surface area contributed by atoms with Crippen LogP contribution in [0.5, 0.6) is 0 Å². The van der Waals surface area contributed by atoms with Gasteiger partial charge in [-0.25, -0.2) is 0 Å². The second kappa shape index (κ2) is 7.98. The zero-order chi connectivity index (χ0) is 20.5. The molecule has 0 heterocycles. The molecule has 0 bridgehead atoms. The molecule has 1 atom stereocenters. The molecule has 154 valence electrons. The van der Waals surface area contributed by atoms with Gasteiger partial charge in [0.1, 0.15) is 6.10 Å². The van der Waals surface area contributed by atoms with Crippen LogP contribution in [0.1, 0.15) is 55.6 Å². The number of halogens is 3. The van der Waals surface area contributed by atoms with Crippen molar-refractivity contribution in [1.29, 1.82) is 0 Å². The number of ether oxygens (including phenoxy) is 1. The molecule has 2 aliphatic rings. The smallest absolute Gasteiger partial charge is 0.416 e. The second-order valence-corrected chi connectivity index (χ2v) is 8.55. The maximum Gasteiger partial charge on any atom is 0.416 e. The maximum absolute atomic E-state index is 12.9. The van der Waals surface area contributed by atoms with Crippen LogP contribution in [0.4, 0.5) is 18.9 Å². The molecule has 29 heavy (non-hydrogen) atoms. The Morgan fingerprint density at radius 1 is 0.966 bits per heavy atom. The molecule has 0 amide bonds. The number of anilines is 1. The fourth-order valence-corrected chi connectivity index (χ4v) is 4.96. The quantitative estimate of drug-likeness (QED) is 0.545. The van der Waals surface area contributed by atoms with Gasteiger partial charge in [-0.15, -0.1) is 0 Å². The van der Waals surface area contributed by atoms with Crippen molar-refractivity contribution in [3.05, 3.63) is 65.7 Å². The van der Waals surface area contributed by atoms with Crippen molar-refractivity contribution in [2.75, 3.05) is 5.32 Å². The van der Waals surface area contributed by atoms with Gasteiger partial charge < -0.3 is 10.1 Å². The minimum atomic E-state index is -4.38. The van der Waals surface area contributed by atoms with Crippen LogP contribution in [0, 0.1) is 5.41 Å². The summed E-state index contributed by atoms with van der Waals surface area (Å²) in [5.74, 6) is 0.596. The topological polar surface area (TPSA) is 21.3 Å². The van der Waals surface area contributed by atoms with E-state index in [1.165, 1.54) is 11.6 Å². The van der Waals surface area contributed by atoms with Crippen LogP contribution in [0.3, 0.4) is 0 Å². The lowest BCUT2D eigenvalue weighted by Crippen LogP contribution is -2.49. The fraction of sp³-hybridized carbons (Fsp3) is 0.435. The Balaban J connectivity index is 1.33. The van der Waals surface area contributed by atoms with Crippen LogP contribution < -0.4 is 5.32 Å². The van der Waals surface area contributed by atoms with E-state index in [0.717, 1.165) is 50.7 Å². The monoisotopic (exact) mass is 419 g/mol. The number of hydrogen-bond donors (Lipinski definition) is 1. The third-order valence-electron chi connectivity index (χ3n) is 6.53. The highest BCUT2D eigenvalue weighted by Crippen LogP contribution is 2.55. The van der Waals surface area contributed by atoms with Gasteiger partial charge in [-0.05, 0) is 80.4 Å². The molecule has 0 aromatic heterocycles. The second-order valence-electron chi connectivity index (χ2n) is 8.18. The zero-order valence-corrected chi connectivity index (χ0v) is 16.9. The summed E-state index contributed by atoms with van der Waals surface area (Å²) in [6.45, 7) is 0. The van der Waals surface area contributed by atoms with Crippen molar-refractivity contribution in [2.24, 2.45) is 5.41 Å². The van der Waals surface area contributed by atoms with Gasteiger partial charge in [0.2, 0.25) is 0 Å². The summed E-state index contributed by atoms with van der Waals surface area (Å²) >= 11 is 5.29. The highest BCUT2D eigenvalue weighted by Gasteiger charge is 2.50. The minimum Gasteiger partial charge on any atom is -0.467 e. The Labute approximate surface area is 174 Å². The van der Waals surface area contributed by atoms with Crippen molar-refractivity contribution in [1.82, 2.24) is 0 Å². The summed E-state index contributed by atoms with van der Waals surface area (Å²) in [5.41, 5.74) is 1.15. The van der Waals surface area contributed by atoms with Crippen LogP contribution in [-0.4, -0.2) is 11.3 Å². The molecule has 0 aliphatic heterocycles. The van der Waals surface area contributed by atoms with Gasteiger partial charge in [0.25, 0.3) is 5.17 Å². The molecule has 1 spiro atoms. The van der Waals surface area contributed by atoms with Gasteiger partial charge in [0, 0.05) is 11.1 Å². The minimum absolute atomic E-state index is 0.0463. The average molecular weight is 420 g/mol. The van der Waals surface area contributed by atoms with E-state index in [1.54, 1.807) is 6.07 Å². The highest BCUT2D eigenvalue weighted by molar-refractivity contribution is 7.80. The van der Waals surface area contributed by atoms with E-state index in [0.29, 0.717) is 11.6 Å². The third kappa shape index (κ3) is 4.42. The van der Waals surface area contributed by atoms with Crippen molar-refractivity contribution < 1.29 is 17.9 Å². The van der Waals surface area contributed by atoms with E-state index in [9.17, 15) is 13.2 Å². The standard InChI is InChI=1S/C23H24F3NOS/c24-23(25,26)18-7-4-8-19(15-18)27-21(29)28-20-11-14-22(20)12-9-17(10-13-22)16-5-2-1-3-6-16/h1-8,15,17,20H,9-14H2,(H,27,29)/t17?,20-,22?/m0/s1. The van der Waals surface area contributed by atoms with Crippen LogP contribution in [-0.2, 0) is 10.9 Å². The number of hydrogen-bond acceptors (Lipinski definition) is 2. The molecule has 2 aliphatic carbocycles. The first-order valence-corrected chi connectivity index (χ1v) is 10.5. The van der Waals surface area contributed by atoms with E-state index >= 15 is 0 Å². The maximum atomic E-state index is 12.9. The number of thiocarbonyl (C=S) groups is 1. The summed E-state index contributed by atoms with van der Waals surface area (Å²) < 4.78 is 44.6. The molecule has 0 radical (unpaired) electrons. The van der Waals surface area contributed by atoms with Gasteiger partial charge in [0.15, 0.2) is 0 Å². The number of rotatable bonds is 3. The van der Waals surface area contributed by atoms with E-state index < -0.39 is 11.7 Å². The summed E-state index contributed by atoms with van der Waals surface area (Å²) in [4.78, 5) is 0. The largest absolute Gasteiger partial charge is 0.467 e. The SMILES string of the molecule is FC(F)(F)c1cccc(NC(=S)O[C@H]2CCC23CCC(c2ccccc2)CC3)c1. The molecule has 0 saturated heterocycles. The molecule has 2 aromatic rings. The molecule has 1 N–H and O–H groups in total.